The highest BCUT2D eigenvalue weighted by molar-refractivity contribution is 5.14. The van der Waals surface area contributed by atoms with E-state index in [0.29, 0.717) is 12.6 Å². The molecule has 0 bridgehead atoms. The SMILES string of the molecule is [C-]#[N+]CCN1CCN(Cc2ccccc2)C(C)C1. The van der Waals surface area contributed by atoms with Crippen molar-refractivity contribution in [3.8, 4) is 0 Å². The molecule has 0 saturated carbocycles. The topological polar surface area (TPSA) is 10.8 Å². The van der Waals surface area contributed by atoms with Crippen molar-refractivity contribution < 1.29 is 0 Å². The quantitative estimate of drug-likeness (QED) is 0.750. The van der Waals surface area contributed by atoms with Gasteiger partial charge in [0.25, 0.3) is 0 Å². The molecule has 1 fully saturated rings. The van der Waals surface area contributed by atoms with Crippen molar-refractivity contribution >= 4 is 0 Å². The van der Waals surface area contributed by atoms with Crippen LogP contribution in [0.5, 0.6) is 0 Å². The van der Waals surface area contributed by atoms with Crippen molar-refractivity contribution in [3.63, 3.8) is 0 Å². The molecule has 0 N–H and O–H groups in total. The van der Waals surface area contributed by atoms with Crippen LogP contribution in [0, 0.1) is 6.57 Å². The molecule has 1 aliphatic heterocycles. The maximum Gasteiger partial charge on any atom is 0.227 e. The predicted molar refractivity (Wildman–Crippen MR) is 74.2 cm³/mol. The van der Waals surface area contributed by atoms with Gasteiger partial charge in [-0.25, -0.2) is 6.57 Å². The Hall–Kier alpha value is -1.37. The molecule has 1 heterocycles. The number of hydrogen-bond donors (Lipinski definition) is 0. The summed E-state index contributed by atoms with van der Waals surface area (Å²) < 4.78 is 0. The Balaban J connectivity index is 1.84. The molecule has 0 amide bonds. The van der Waals surface area contributed by atoms with Gasteiger partial charge in [-0.2, -0.15) is 0 Å². The molecule has 3 nitrogen and oxygen atoms in total. The van der Waals surface area contributed by atoms with Crippen molar-refractivity contribution in [1.29, 1.82) is 0 Å². The van der Waals surface area contributed by atoms with Crippen LogP contribution in [0.15, 0.2) is 30.3 Å². The van der Waals surface area contributed by atoms with Gasteiger partial charge in [-0.3, -0.25) is 9.80 Å². The Labute approximate surface area is 110 Å². The fraction of sp³-hybridized carbons (Fsp3) is 0.533. The molecule has 1 aromatic carbocycles. The lowest BCUT2D eigenvalue weighted by atomic mass is 10.1. The third kappa shape index (κ3) is 3.56. The molecule has 1 saturated heterocycles. The summed E-state index contributed by atoms with van der Waals surface area (Å²) in [4.78, 5) is 8.37. The first-order chi connectivity index (χ1) is 8.79. The first kappa shape index (κ1) is 13.1. The van der Waals surface area contributed by atoms with Crippen LogP contribution in [0.1, 0.15) is 12.5 Å². The van der Waals surface area contributed by atoms with Crippen LogP contribution in [-0.4, -0.2) is 48.6 Å². The highest BCUT2D eigenvalue weighted by Gasteiger charge is 2.23. The normalized spacial score (nSPS) is 21.7. The summed E-state index contributed by atoms with van der Waals surface area (Å²) in [7, 11) is 0. The summed E-state index contributed by atoms with van der Waals surface area (Å²) in [5.74, 6) is 0. The Bertz CT molecular complexity index is 396. The average molecular weight is 243 g/mol. The van der Waals surface area contributed by atoms with Crippen LogP contribution in [0.4, 0.5) is 0 Å². The molecule has 0 spiro atoms. The molecule has 0 aromatic heterocycles. The Morgan fingerprint density at radius 2 is 2.06 bits per heavy atom. The van der Waals surface area contributed by atoms with Crippen LogP contribution in [0.25, 0.3) is 4.85 Å². The highest BCUT2D eigenvalue weighted by atomic mass is 15.3. The second-order valence-electron chi connectivity index (χ2n) is 4.99. The number of nitrogens with zero attached hydrogens (tertiary/aromatic N) is 3. The molecule has 3 heteroatoms. The molecule has 1 unspecified atom stereocenters. The van der Waals surface area contributed by atoms with E-state index >= 15 is 0 Å². The number of benzene rings is 1. The van der Waals surface area contributed by atoms with Gasteiger partial charge in [-0.15, -0.1) is 0 Å². The molecule has 1 aliphatic rings. The largest absolute Gasteiger partial charge is 0.316 e. The minimum atomic E-state index is 0.574. The van der Waals surface area contributed by atoms with Gasteiger partial charge >= 0.3 is 0 Å². The maximum absolute atomic E-state index is 6.85. The summed E-state index contributed by atoms with van der Waals surface area (Å²) in [6, 6.07) is 11.2. The van der Waals surface area contributed by atoms with Gasteiger partial charge in [-0.05, 0) is 12.5 Å². The second kappa shape index (κ2) is 6.53. The third-order valence-electron chi connectivity index (χ3n) is 3.61. The molecule has 0 aliphatic carbocycles. The van der Waals surface area contributed by atoms with E-state index in [1.54, 1.807) is 0 Å². The van der Waals surface area contributed by atoms with E-state index in [4.69, 9.17) is 6.57 Å². The maximum atomic E-state index is 6.85. The number of hydrogen-bond acceptors (Lipinski definition) is 2. The Morgan fingerprint density at radius 1 is 1.28 bits per heavy atom. The number of piperazine rings is 1. The third-order valence-corrected chi connectivity index (χ3v) is 3.61. The van der Waals surface area contributed by atoms with Gasteiger partial charge in [0.2, 0.25) is 6.54 Å². The van der Waals surface area contributed by atoms with Crippen LogP contribution < -0.4 is 0 Å². The summed E-state index contributed by atoms with van der Waals surface area (Å²) >= 11 is 0. The van der Waals surface area contributed by atoms with Crippen LogP contribution in [0.2, 0.25) is 0 Å². The van der Waals surface area contributed by atoms with Crippen molar-refractivity contribution in [2.75, 3.05) is 32.7 Å². The van der Waals surface area contributed by atoms with Gasteiger partial charge in [0.1, 0.15) is 0 Å². The van der Waals surface area contributed by atoms with E-state index in [0.717, 1.165) is 32.7 Å². The first-order valence-electron chi connectivity index (χ1n) is 6.63. The van der Waals surface area contributed by atoms with E-state index in [-0.39, 0.29) is 0 Å². The van der Waals surface area contributed by atoms with Gasteiger partial charge in [-0.1, -0.05) is 30.3 Å². The van der Waals surface area contributed by atoms with E-state index in [1.807, 2.05) is 0 Å². The first-order valence-corrected chi connectivity index (χ1v) is 6.63. The molecule has 1 aromatic rings. The van der Waals surface area contributed by atoms with Gasteiger partial charge in [0.05, 0.1) is 6.54 Å². The summed E-state index contributed by atoms with van der Waals surface area (Å²) in [5, 5.41) is 0. The summed E-state index contributed by atoms with van der Waals surface area (Å²) in [6.45, 7) is 15.0. The molecular weight excluding hydrogens is 222 g/mol. The van der Waals surface area contributed by atoms with Crippen molar-refractivity contribution in [1.82, 2.24) is 9.80 Å². The van der Waals surface area contributed by atoms with Gasteiger partial charge in [0, 0.05) is 32.2 Å². The Morgan fingerprint density at radius 3 is 2.72 bits per heavy atom. The standard InChI is InChI=1S/C15H21N3/c1-14-12-17(9-8-16-2)10-11-18(14)13-15-6-4-3-5-7-15/h3-7,14H,8-13H2,1H3. The fourth-order valence-electron chi connectivity index (χ4n) is 2.52. The van der Waals surface area contributed by atoms with Crippen LogP contribution in [0.3, 0.4) is 0 Å². The van der Waals surface area contributed by atoms with Crippen LogP contribution >= 0.6 is 0 Å². The lowest BCUT2D eigenvalue weighted by Gasteiger charge is -2.39. The number of rotatable bonds is 4. The molecule has 96 valence electrons. The second-order valence-corrected chi connectivity index (χ2v) is 4.99. The molecule has 0 radical (unpaired) electrons. The summed E-state index contributed by atoms with van der Waals surface area (Å²) in [6.07, 6.45) is 0. The smallest absolute Gasteiger partial charge is 0.227 e. The zero-order valence-corrected chi connectivity index (χ0v) is 11.0. The molecule has 1 atom stereocenters. The lowest BCUT2D eigenvalue weighted by Crippen LogP contribution is -2.51. The lowest BCUT2D eigenvalue weighted by molar-refractivity contribution is 0.0808. The van der Waals surface area contributed by atoms with Crippen molar-refractivity contribution in [2.24, 2.45) is 0 Å². The van der Waals surface area contributed by atoms with E-state index < -0.39 is 0 Å². The summed E-state index contributed by atoms with van der Waals surface area (Å²) in [5.41, 5.74) is 1.39. The minimum Gasteiger partial charge on any atom is -0.316 e. The van der Waals surface area contributed by atoms with E-state index in [2.05, 4.69) is 51.9 Å². The van der Waals surface area contributed by atoms with E-state index in [9.17, 15) is 0 Å². The zero-order valence-electron chi connectivity index (χ0n) is 11.0. The molecule has 2 rings (SSSR count). The minimum absolute atomic E-state index is 0.574. The Kier molecular flexibility index (Phi) is 4.74. The van der Waals surface area contributed by atoms with Gasteiger partial charge < -0.3 is 4.85 Å². The zero-order chi connectivity index (χ0) is 12.8. The van der Waals surface area contributed by atoms with Crippen LogP contribution in [-0.2, 0) is 6.54 Å². The van der Waals surface area contributed by atoms with Gasteiger partial charge in [0.15, 0.2) is 0 Å². The predicted octanol–water partition coefficient (Wildman–Crippen LogP) is 2.11. The monoisotopic (exact) mass is 243 g/mol. The molecular formula is C15H21N3. The fourth-order valence-corrected chi connectivity index (χ4v) is 2.52. The van der Waals surface area contributed by atoms with Crippen molar-refractivity contribution in [2.45, 2.75) is 19.5 Å². The van der Waals surface area contributed by atoms with E-state index in [1.165, 1.54) is 5.56 Å². The molecule has 18 heavy (non-hydrogen) atoms. The van der Waals surface area contributed by atoms with Crippen molar-refractivity contribution in [3.05, 3.63) is 47.3 Å². The average Bonchev–Trinajstić information content (AvgIpc) is 2.40. The highest BCUT2D eigenvalue weighted by Crippen LogP contribution is 2.13.